The van der Waals surface area contributed by atoms with Gasteiger partial charge in [-0.3, -0.25) is 0 Å². The van der Waals surface area contributed by atoms with Gasteiger partial charge in [0.25, 0.3) is 0 Å². The topological polar surface area (TPSA) is 85.5 Å². The van der Waals surface area contributed by atoms with Gasteiger partial charge >= 0.3 is 5.97 Å². The van der Waals surface area contributed by atoms with Gasteiger partial charge in [-0.15, -0.1) is 0 Å². The quantitative estimate of drug-likeness (QED) is 0.551. The van der Waals surface area contributed by atoms with E-state index in [0.29, 0.717) is 5.56 Å². The number of aromatic nitrogens is 2. The summed E-state index contributed by atoms with van der Waals surface area (Å²) in [6.07, 6.45) is 0. The second kappa shape index (κ2) is 5.96. The van der Waals surface area contributed by atoms with Crippen molar-refractivity contribution < 1.29 is 23.6 Å². The molecule has 0 aliphatic carbocycles. The molecule has 0 atom stereocenters. The van der Waals surface area contributed by atoms with Crippen LogP contribution in [0.2, 0.25) is 0 Å². The van der Waals surface area contributed by atoms with Crippen molar-refractivity contribution in [1.29, 1.82) is 0 Å². The molecule has 0 saturated carbocycles. The number of carbonyl (C=O) groups is 1. The third kappa shape index (κ3) is 2.65. The summed E-state index contributed by atoms with van der Waals surface area (Å²) in [4.78, 5) is 15.8. The van der Waals surface area contributed by atoms with Gasteiger partial charge in [0.1, 0.15) is 11.5 Å². The number of pyridine rings is 1. The lowest BCUT2D eigenvalue weighted by Gasteiger charge is -2.05. The third-order valence-electron chi connectivity index (χ3n) is 3.14. The van der Waals surface area contributed by atoms with Crippen LogP contribution in [0.4, 0.5) is 4.39 Å². The highest BCUT2D eigenvalue weighted by molar-refractivity contribution is 9.10. The van der Waals surface area contributed by atoms with Crippen molar-refractivity contribution >= 4 is 32.9 Å². The molecule has 0 bridgehead atoms. The van der Waals surface area contributed by atoms with Crippen LogP contribution < -0.4 is 0 Å². The number of esters is 1. The summed E-state index contributed by atoms with van der Waals surface area (Å²) >= 11 is 3.18. The Balaban J connectivity index is 2.25. The number of nitrogens with zero attached hydrogens (tertiary/aromatic N) is 2. The monoisotopic (exact) mass is 380 g/mol. The predicted molar refractivity (Wildman–Crippen MR) is 82.5 cm³/mol. The normalized spacial score (nSPS) is 10.9. The van der Waals surface area contributed by atoms with E-state index in [1.165, 1.54) is 24.3 Å². The molecular formula is C15H10BrFN2O4. The highest BCUT2D eigenvalue weighted by Gasteiger charge is 2.25. The molecule has 118 valence electrons. The SMILES string of the molecule is CCOC(=O)c1nc(Br)c2onc(-c3ccc(F)cc3)c2c1O. The zero-order valence-electron chi connectivity index (χ0n) is 11.8. The third-order valence-corrected chi connectivity index (χ3v) is 3.67. The predicted octanol–water partition coefficient (Wildman–Crippen LogP) is 3.67. The summed E-state index contributed by atoms with van der Waals surface area (Å²) in [5.41, 5.74) is 0.715. The molecule has 2 aromatic heterocycles. The summed E-state index contributed by atoms with van der Waals surface area (Å²) in [6.45, 7) is 1.79. The Morgan fingerprint density at radius 2 is 2.09 bits per heavy atom. The number of rotatable bonds is 3. The molecule has 1 N–H and O–H groups in total. The van der Waals surface area contributed by atoms with Crippen molar-refractivity contribution in [1.82, 2.24) is 10.1 Å². The number of ether oxygens (including phenoxy) is 1. The number of hydrogen-bond donors (Lipinski definition) is 1. The fourth-order valence-electron chi connectivity index (χ4n) is 2.12. The highest BCUT2D eigenvalue weighted by atomic mass is 79.9. The Morgan fingerprint density at radius 3 is 2.74 bits per heavy atom. The maximum Gasteiger partial charge on any atom is 0.360 e. The van der Waals surface area contributed by atoms with E-state index in [4.69, 9.17) is 9.26 Å². The standard InChI is InChI=1S/C15H10BrFN2O4/c1-2-22-15(21)11-12(20)9-10(7-3-5-8(17)6-4-7)19-23-13(9)14(16)18-11/h3-6,20H,2H2,1H3. The lowest BCUT2D eigenvalue weighted by atomic mass is 10.1. The summed E-state index contributed by atoms with van der Waals surface area (Å²) in [7, 11) is 0. The minimum atomic E-state index is -0.765. The van der Waals surface area contributed by atoms with Crippen molar-refractivity contribution in [2.45, 2.75) is 6.92 Å². The van der Waals surface area contributed by atoms with E-state index >= 15 is 0 Å². The number of benzene rings is 1. The van der Waals surface area contributed by atoms with E-state index in [1.807, 2.05) is 0 Å². The van der Waals surface area contributed by atoms with Crippen LogP contribution in [-0.2, 0) is 4.74 Å². The van der Waals surface area contributed by atoms with Crippen molar-refractivity contribution in [3.8, 4) is 17.0 Å². The van der Waals surface area contributed by atoms with Gasteiger partial charge in [-0.1, -0.05) is 5.16 Å². The molecule has 3 rings (SSSR count). The van der Waals surface area contributed by atoms with Gasteiger partial charge in [-0.2, -0.15) is 0 Å². The molecule has 0 aliphatic rings. The molecule has 6 nitrogen and oxygen atoms in total. The van der Waals surface area contributed by atoms with Gasteiger partial charge in [0.15, 0.2) is 16.0 Å². The first-order valence-electron chi connectivity index (χ1n) is 6.63. The molecule has 0 amide bonds. The maximum absolute atomic E-state index is 13.1. The van der Waals surface area contributed by atoms with E-state index < -0.39 is 17.5 Å². The molecule has 0 fully saturated rings. The molecule has 1 aromatic carbocycles. The van der Waals surface area contributed by atoms with Crippen LogP contribution in [0.15, 0.2) is 33.4 Å². The molecule has 0 spiro atoms. The zero-order chi connectivity index (χ0) is 16.6. The molecule has 0 unspecified atom stereocenters. The smallest absolute Gasteiger partial charge is 0.360 e. The fourth-order valence-corrected chi connectivity index (χ4v) is 2.57. The van der Waals surface area contributed by atoms with E-state index in [2.05, 4.69) is 26.1 Å². The largest absolute Gasteiger partial charge is 0.505 e. The first-order valence-corrected chi connectivity index (χ1v) is 7.43. The van der Waals surface area contributed by atoms with Gasteiger partial charge < -0.3 is 14.4 Å². The van der Waals surface area contributed by atoms with Crippen molar-refractivity contribution in [3.63, 3.8) is 0 Å². The van der Waals surface area contributed by atoms with Crippen LogP contribution in [0, 0.1) is 5.82 Å². The average molecular weight is 381 g/mol. The molecule has 3 aromatic rings. The second-order valence-corrected chi connectivity index (χ2v) is 5.31. The summed E-state index contributed by atoms with van der Waals surface area (Å²) in [6, 6.07) is 5.50. The fraction of sp³-hybridized carbons (Fsp3) is 0.133. The van der Waals surface area contributed by atoms with Gasteiger partial charge in [0.05, 0.1) is 12.0 Å². The highest BCUT2D eigenvalue weighted by Crippen LogP contribution is 2.39. The Morgan fingerprint density at radius 1 is 1.39 bits per heavy atom. The molecule has 23 heavy (non-hydrogen) atoms. The Hall–Kier alpha value is -2.48. The number of halogens is 2. The second-order valence-electron chi connectivity index (χ2n) is 4.56. The molecule has 0 saturated heterocycles. The van der Waals surface area contributed by atoms with E-state index in [-0.39, 0.29) is 33.6 Å². The molecule has 8 heteroatoms. The Kier molecular flexibility index (Phi) is 3.99. The summed E-state index contributed by atoms with van der Waals surface area (Å²) in [5, 5.41) is 14.5. The minimum Gasteiger partial charge on any atom is -0.505 e. The van der Waals surface area contributed by atoms with Crippen molar-refractivity contribution in [2.75, 3.05) is 6.61 Å². The van der Waals surface area contributed by atoms with Gasteiger partial charge in [0.2, 0.25) is 5.58 Å². The minimum absolute atomic E-state index is 0.143. The van der Waals surface area contributed by atoms with Gasteiger partial charge in [-0.25, -0.2) is 14.2 Å². The van der Waals surface area contributed by atoms with Crippen molar-refractivity contribution in [3.05, 3.63) is 40.4 Å². The van der Waals surface area contributed by atoms with Crippen LogP contribution in [-0.4, -0.2) is 27.8 Å². The van der Waals surface area contributed by atoms with E-state index in [9.17, 15) is 14.3 Å². The average Bonchev–Trinajstić information content (AvgIpc) is 2.97. The molecular weight excluding hydrogens is 371 g/mol. The van der Waals surface area contributed by atoms with Crippen LogP contribution >= 0.6 is 15.9 Å². The lowest BCUT2D eigenvalue weighted by Crippen LogP contribution is -2.07. The lowest BCUT2D eigenvalue weighted by molar-refractivity contribution is 0.0516. The van der Waals surface area contributed by atoms with Gasteiger partial charge in [0, 0.05) is 5.56 Å². The molecule has 0 radical (unpaired) electrons. The zero-order valence-corrected chi connectivity index (χ0v) is 13.4. The summed E-state index contributed by atoms with van der Waals surface area (Å²) < 4.78 is 23.3. The van der Waals surface area contributed by atoms with Crippen LogP contribution in [0.3, 0.4) is 0 Å². The Labute approximate surface area is 138 Å². The van der Waals surface area contributed by atoms with Crippen molar-refractivity contribution in [2.24, 2.45) is 0 Å². The molecule has 2 heterocycles. The van der Waals surface area contributed by atoms with E-state index in [0.717, 1.165) is 0 Å². The number of aromatic hydroxyl groups is 1. The van der Waals surface area contributed by atoms with Crippen LogP contribution in [0.25, 0.3) is 22.2 Å². The van der Waals surface area contributed by atoms with Crippen LogP contribution in [0.5, 0.6) is 5.75 Å². The first kappa shape index (κ1) is 15.4. The number of hydrogen-bond acceptors (Lipinski definition) is 6. The van der Waals surface area contributed by atoms with E-state index in [1.54, 1.807) is 6.92 Å². The first-order chi connectivity index (χ1) is 11.0. The molecule has 0 aliphatic heterocycles. The number of fused-ring (bicyclic) bond motifs is 1. The summed E-state index contributed by atoms with van der Waals surface area (Å²) in [5.74, 6) is -1.57. The van der Waals surface area contributed by atoms with Crippen LogP contribution in [0.1, 0.15) is 17.4 Å². The van der Waals surface area contributed by atoms with Gasteiger partial charge in [-0.05, 0) is 47.1 Å². The Bertz CT molecular complexity index is 893. The number of carbonyl (C=O) groups excluding carboxylic acids is 1. The maximum atomic E-state index is 13.1.